The molecule has 0 radical (unpaired) electrons. The summed E-state index contributed by atoms with van der Waals surface area (Å²) in [5.74, 6) is 2.14. The fourth-order valence-electron chi connectivity index (χ4n) is 5.31. The highest BCUT2D eigenvalue weighted by Gasteiger charge is 2.50. The second-order valence-corrected chi connectivity index (χ2v) is 10.0. The summed E-state index contributed by atoms with van der Waals surface area (Å²) < 4.78 is 1.91. The van der Waals surface area contributed by atoms with Crippen LogP contribution in [0.15, 0.2) is 24.5 Å². The van der Waals surface area contributed by atoms with Crippen molar-refractivity contribution in [1.29, 1.82) is 0 Å². The van der Waals surface area contributed by atoms with Gasteiger partial charge in [0, 0.05) is 31.9 Å². The molecule has 0 bridgehead atoms. The third kappa shape index (κ3) is 3.27. The zero-order valence-electron chi connectivity index (χ0n) is 18.3. The second-order valence-electron chi connectivity index (χ2n) is 9.57. The number of carbonyl (C=O) groups excluding carboxylic acids is 1. The van der Waals surface area contributed by atoms with Gasteiger partial charge >= 0.3 is 0 Å². The number of hydrogen-bond acceptors (Lipinski definition) is 5. The largest absolute Gasteiger partial charge is 0.353 e. The molecule has 2 atom stereocenters. The van der Waals surface area contributed by atoms with Gasteiger partial charge in [-0.3, -0.25) is 9.48 Å². The monoisotopic (exact) mass is 453 g/mol. The summed E-state index contributed by atoms with van der Waals surface area (Å²) >= 11 is 6.10. The molecular weight excluding hydrogens is 426 g/mol. The summed E-state index contributed by atoms with van der Waals surface area (Å²) in [6.45, 7) is 4.77. The molecule has 1 N–H and O–H groups in total. The molecule has 9 heteroatoms. The maximum atomic E-state index is 13.0. The normalized spacial score (nSPS) is 24.9. The van der Waals surface area contributed by atoms with Crippen LogP contribution in [0.4, 0.5) is 5.82 Å². The Bertz CT molecular complexity index is 1160. The Kier molecular flexibility index (Phi) is 4.68. The molecule has 0 unspecified atom stereocenters. The number of amides is 1. The molecule has 6 rings (SSSR count). The molecule has 5 heterocycles. The van der Waals surface area contributed by atoms with E-state index in [4.69, 9.17) is 21.6 Å². The second kappa shape index (κ2) is 7.47. The minimum absolute atomic E-state index is 0.0517. The van der Waals surface area contributed by atoms with Crippen molar-refractivity contribution in [3.8, 4) is 0 Å². The lowest BCUT2D eigenvalue weighted by atomic mass is 9.92. The maximum absolute atomic E-state index is 13.0. The third-order valence-electron chi connectivity index (χ3n) is 7.43. The lowest BCUT2D eigenvalue weighted by molar-refractivity contribution is -0.134. The number of piperidine rings is 1. The van der Waals surface area contributed by atoms with Crippen molar-refractivity contribution in [2.24, 2.45) is 5.92 Å². The van der Waals surface area contributed by atoms with Gasteiger partial charge in [0.15, 0.2) is 5.65 Å². The molecule has 32 heavy (non-hydrogen) atoms. The van der Waals surface area contributed by atoms with E-state index < -0.39 is 0 Å². The first kappa shape index (κ1) is 20.0. The molecule has 2 saturated heterocycles. The summed E-state index contributed by atoms with van der Waals surface area (Å²) in [6.07, 6.45) is 9.68. The summed E-state index contributed by atoms with van der Waals surface area (Å²) in [5, 5.41) is 5.04. The van der Waals surface area contributed by atoms with Crippen molar-refractivity contribution < 1.29 is 4.79 Å². The molecule has 0 aromatic carbocycles. The van der Waals surface area contributed by atoms with Crippen LogP contribution < -0.4 is 4.90 Å². The summed E-state index contributed by atoms with van der Waals surface area (Å²) in [7, 11) is 0. The number of anilines is 1. The van der Waals surface area contributed by atoms with Crippen molar-refractivity contribution >= 4 is 34.5 Å². The van der Waals surface area contributed by atoms with E-state index in [-0.39, 0.29) is 11.5 Å². The summed E-state index contributed by atoms with van der Waals surface area (Å²) in [4.78, 5) is 30.5. The standard InChI is InChI=1S/C23H28ClN7O/c1-15-4-5-16(21(32)29-10-2-3-11-29)13-30(15)19-7-6-18-20(27-19)28-22(26-18)23(8-9-23)31-14-17(24)12-25-31/h6-7,12,14-16H,2-5,8-11,13H2,1H3,(H,26,27,28)/t15-,16+/m0/s1. The first-order chi connectivity index (χ1) is 15.5. The molecule has 0 spiro atoms. The molecule has 3 fully saturated rings. The number of rotatable bonds is 4. The van der Waals surface area contributed by atoms with Gasteiger partial charge in [-0.1, -0.05) is 11.6 Å². The number of H-pyrrole nitrogens is 1. The predicted molar refractivity (Wildman–Crippen MR) is 123 cm³/mol. The fourth-order valence-corrected chi connectivity index (χ4v) is 5.45. The van der Waals surface area contributed by atoms with Crippen LogP contribution in [0, 0.1) is 5.92 Å². The Balaban J connectivity index is 1.27. The number of nitrogens with one attached hydrogen (secondary N) is 1. The van der Waals surface area contributed by atoms with Crippen LogP contribution in [-0.2, 0) is 10.3 Å². The van der Waals surface area contributed by atoms with Gasteiger partial charge in [-0.05, 0) is 57.6 Å². The number of imidazole rings is 1. The zero-order chi connectivity index (χ0) is 21.9. The maximum Gasteiger partial charge on any atom is 0.227 e. The van der Waals surface area contributed by atoms with Crippen molar-refractivity contribution in [2.45, 2.75) is 57.0 Å². The number of nitrogens with zero attached hydrogens (tertiary/aromatic N) is 6. The fraction of sp³-hybridized carbons (Fsp3) is 0.565. The van der Waals surface area contributed by atoms with Crippen LogP contribution in [0.2, 0.25) is 5.02 Å². The Morgan fingerprint density at radius 2 is 2.00 bits per heavy atom. The van der Waals surface area contributed by atoms with Gasteiger partial charge in [-0.2, -0.15) is 5.10 Å². The van der Waals surface area contributed by atoms with E-state index in [9.17, 15) is 4.79 Å². The smallest absolute Gasteiger partial charge is 0.227 e. The zero-order valence-corrected chi connectivity index (χ0v) is 19.1. The van der Waals surface area contributed by atoms with Crippen LogP contribution in [-0.4, -0.2) is 61.2 Å². The first-order valence-corrected chi connectivity index (χ1v) is 12.0. The van der Waals surface area contributed by atoms with Gasteiger partial charge in [-0.15, -0.1) is 0 Å². The number of aromatic nitrogens is 5. The van der Waals surface area contributed by atoms with Gasteiger partial charge in [0.05, 0.1) is 22.7 Å². The lowest BCUT2D eigenvalue weighted by Gasteiger charge is -2.39. The third-order valence-corrected chi connectivity index (χ3v) is 7.62. The molecule has 3 aliphatic rings. The molecule has 1 amide bonds. The Morgan fingerprint density at radius 1 is 1.19 bits per heavy atom. The SMILES string of the molecule is C[C@H]1CC[C@@H](C(=O)N2CCCC2)CN1c1ccc2[nH]c(C3(n4cc(Cl)cn4)CC3)nc2n1. The highest BCUT2D eigenvalue weighted by Crippen LogP contribution is 2.48. The Hall–Kier alpha value is -2.61. The van der Waals surface area contributed by atoms with E-state index in [0.717, 1.165) is 75.3 Å². The van der Waals surface area contributed by atoms with Crippen molar-refractivity contribution in [2.75, 3.05) is 24.5 Å². The number of hydrogen-bond donors (Lipinski definition) is 1. The van der Waals surface area contributed by atoms with E-state index >= 15 is 0 Å². The number of aromatic amines is 1. The van der Waals surface area contributed by atoms with E-state index in [1.807, 2.05) is 21.8 Å². The predicted octanol–water partition coefficient (Wildman–Crippen LogP) is 3.57. The number of carbonyl (C=O) groups is 1. The molecular formula is C23H28ClN7O. The lowest BCUT2D eigenvalue weighted by Crippen LogP contribution is -2.48. The minimum atomic E-state index is -0.250. The van der Waals surface area contributed by atoms with Gasteiger partial charge in [0.1, 0.15) is 17.2 Å². The van der Waals surface area contributed by atoms with Crippen LogP contribution in [0.1, 0.15) is 51.3 Å². The Morgan fingerprint density at radius 3 is 2.72 bits per heavy atom. The number of pyridine rings is 1. The van der Waals surface area contributed by atoms with Gasteiger partial charge < -0.3 is 14.8 Å². The van der Waals surface area contributed by atoms with Gasteiger partial charge in [0.25, 0.3) is 0 Å². The topological polar surface area (TPSA) is 82.9 Å². The van der Waals surface area contributed by atoms with E-state index in [0.29, 0.717) is 22.6 Å². The van der Waals surface area contributed by atoms with Crippen molar-refractivity contribution in [1.82, 2.24) is 29.6 Å². The minimum Gasteiger partial charge on any atom is -0.353 e. The van der Waals surface area contributed by atoms with Crippen molar-refractivity contribution in [3.63, 3.8) is 0 Å². The quantitative estimate of drug-likeness (QED) is 0.652. The van der Waals surface area contributed by atoms with Crippen molar-refractivity contribution in [3.05, 3.63) is 35.4 Å². The number of fused-ring (bicyclic) bond motifs is 1. The molecule has 8 nitrogen and oxygen atoms in total. The van der Waals surface area contributed by atoms with Crippen LogP contribution >= 0.6 is 11.6 Å². The molecule has 168 valence electrons. The van der Waals surface area contributed by atoms with E-state index in [1.165, 1.54) is 0 Å². The van der Waals surface area contributed by atoms with E-state index in [1.54, 1.807) is 6.20 Å². The van der Waals surface area contributed by atoms with Gasteiger partial charge in [0.2, 0.25) is 5.91 Å². The van der Waals surface area contributed by atoms with Crippen LogP contribution in [0.25, 0.3) is 11.2 Å². The summed E-state index contributed by atoms with van der Waals surface area (Å²) in [5.41, 5.74) is 1.38. The average molecular weight is 454 g/mol. The first-order valence-electron chi connectivity index (χ1n) is 11.7. The molecule has 3 aromatic rings. The molecule has 3 aromatic heterocycles. The highest BCUT2D eigenvalue weighted by atomic mass is 35.5. The molecule has 1 saturated carbocycles. The molecule has 2 aliphatic heterocycles. The average Bonchev–Trinajstić information content (AvgIpc) is 3.18. The van der Waals surface area contributed by atoms with E-state index in [2.05, 4.69) is 28.0 Å². The Labute approximate surface area is 192 Å². The number of likely N-dealkylation sites (tertiary alicyclic amines) is 1. The highest BCUT2D eigenvalue weighted by molar-refractivity contribution is 6.30. The van der Waals surface area contributed by atoms with Crippen LogP contribution in [0.3, 0.4) is 0 Å². The number of halogens is 1. The van der Waals surface area contributed by atoms with Gasteiger partial charge in [-0.25, -0.2) is 9.97 Å². The molecule has 1 aliphatic carbocycles. The van der Waals surface area contributed by atoms with Crippen LogP contribution in [0.5, 0.6) is 0 Å². The summed E-state index contributed by atoms with van der Waals surface area (Å²) in [6, 6.07) is 4.45.